The van der Waals surface area contributed by atoms with Crippen LogP contribution in [0.5, 0.6) is 17.2 Å². The first-order valence-electron chi connectivity index (χ1n) is 8.69. The Morgan fingerprint density at radius 3 is 2.28 bits per heavy atom. The van der Waals surface area contributed by atoms with Gasteiger partial charge in [-0.1, -0.05) is 13.2 Å². The summed E-state index contributed by atoms with van der Waals surface area (Å²) in [5, 5.41) is -0.326. The van der Waals surface area contributed by atoms with Crippen molar-refractivity contribution in [3.8, 4) is 17.2 Å². The molecule has 0 aromatic heterocycles. The Labute approximate surface area is 179 Å². The van der Waals surface area contributed by atoms with Crippen molar-refractivity contribution in [2.75, 3.05) is 6.61 Å². The van der Waals surface area contributed by atoms with E-state index in [1.165, 1.54) is 12.1 Å². The molecule has 0 radical (unpaired) electrons. The molecule has 32 heavy (non-hydrogen) atoms. The van der Waals surface area contributed by atoms with Crippen molar-refractivity contribution in [3.05, 3.63) is 55.0 Å². The fourth-order valence-corrected chi connectivity index (χ4v) is 3.40. The smallest absolute Gasteiger partial charge is 0.489 e. The van der Waals surface area contributed by atoms with Crippen molar-refractivity contribution in [2.24, 2.45) is 0 Å². The van der Waals surface area contributed by atoms with Crippen molar-refractivity contribution in [1.29, 1.82) is 0 Å². The quantitative estimate of drug-likeness (QED) is 0.325. The van der Waals surface area contributed by atoms with Crippen LogP contribution in [0.3, 0.4) is 0 Å². The minimum Gasteiger partial charge on any atom is -0.489 e. The van der Waals surface area contributed by atoms with Crippen LogP contribution in [0.15, 0.2) is 43.9 Å². The zero-order chi connectivity index (χ0) is 23.8. The number of alkyl halides is 3. The van der Waals surface area contributed by atoms with Crippen molar-refractivity contribution in [2.45, 2.75) is 12.4 Å². The van der Waals surface area contributed by atoms with Crippen molar-refractivity contribution in [3.63, 3.8) is 0 Å². The van der Waals surface area contributed by atoms with Gasteiger partial charge in [-0.05, 0) is 30.5 Å². The minimum absolute atomic E-state index is 0.0120. The maximum Gasteiger partial charge on any atom is 0.525 e. The normalized spacial score (nSPS) is 13.8. The van der Waals surface area contributed by atoms with Gasteiger partial charge in [0.2, 0.25) is 0 Å². The molecular formula is C19H14F3NO8S. The molecule has 0 bridgehead atoms. The summed E-state index contributed by atoms with van der Waals surface area (Å²) in [6.45, 7) is 8.31. The second-order valence-electron chi connectivity index (χ2n) is 6.03. The summed E-state index contributed by atoms with van der Waals surface area (Å²) >= 11 is 0. The Hall–Kier alpha value is -3.58. The van der Waals surface area contributed by atoms with Crippen LogP contribution in [0.1, 0.15) is 27.6 Å². The molecule has 0 unspecified atom stereocenters. The molecule has 9 nitrogen and oxygen atoms in total. The lowest BCUT2D eigenvalue weighted by atomic mass is 9.93. The van der Waals surface area contributed by atoms with Gasteiger partial charge < -0.3 is 14.2 Å². The molecule has 0 aliphatic carbocycles. The predicted octanol–water partition coefficient (Wildman–Crippen LogP) is 3.66. The average molecular weight is 473 g/mol. The Kier molecular flexibility index (Phi) is 5.89. The Bertz CT molecular complexity index is 1250. The average Bonchev–Trinajstić information content (AvgIpc) is 2.70. The summed E-state index contributed by atoms with van der Waals surface area (Å²) in [5.74, 6) is -3.28. The van der Waals surface area contributed by atoms with Crippen LogP contribution in [0, 0.1) is 0 Å². The van der Waals surface area contributed by atoms with Gasteiger partial charge in [-0.15, -0.1) is 9.35 Å². The van der Waals surface area contributed by atoms with Crippen LogP contribution in [0.2, 0.25) is 0 Å². The summed E-state index contributed by atoms with van der Waals surface area (Å²) in [6.07, 6.45) is 2.02. The van der Waals surface area contributed by atoms with Gasteiger partial charge in [0.05, 0.1) is 30.3 Å². The van der Waals surface area contributed by atoms with E-state index in [1.807, 2.05) is 0 Å². The molecule has 3 rings (SSSR count). The fraction of sp³-hybridized carbons (Fsp3) is 0.158. The largest absolute Gasteiger partial charge is 0.525 e. The highest BCUT2D eigenvalue weighted by atomic mass is 32.2. The lowest BCUT2D eigenvalue weighted by molar-refractivity contribution is -0.0761. The highest BCUT2D eigenvalue weighted by molar-refractivity contribution is 7.87. The van der Waals surface area contributed by atoms with E-state index in [0.717, 1.165) is 18.6 Å². The molecular weight excluding hydrogens is 459 g/mol. The van der Waals surface area contributed by atoms with Gasteiger partial charge >= 0.3 is 15.6 Å². The lowest BCUT2D eigenvalue weighted by Gasteiger charge is -2.28. The van der Waals surface area contributed by atoms with E-state index >= 15 is 0 Å². The second-order valence-corrected chi connectivity index (χ2v) is 7.55. The standard InChI is InChI=1S/C19H14F3NO8S/c1-4-28-11-7-10-8-13(29-5-2)16(30-6-3)15-14(10)12(9-11)17(24)23(18(15)25)31-32(26,27)19(20,21)22/h4-5,7-9H,1-2,6H2,3H3. The summed E-state index contributed by atoms with van der Waals surface area (Å²) in [6, 6.07) is 3.87. The summed E-state index contributed by atoms with van der Waals surface area (Å²) in [4.78, 5) is 25.9. The number of hydrogen-bond donors (Lipinski definition) is 0. The second kappa shape index (κ2) is 8.16. The number of nitrogens with zero attached hydrogens (tertiary/aromatic N) is 1. The molecule has 2 aromatic rings. The number of benzene rings is 2. The number of hydroxylamine groups is 2. The van der Waals surface area contributed by atoms with E-state index in [2.05, 4.69) is 17.4 Å². The zero-order valence-electron chi connectivity index (χ0n) is 16.3. The van der Waals surface area contributed by atoms with Crippen LogP contribution in [0.4, 0.5) is 13.2 Å². The van der Waals surface area contributed by atoms with E-state index in [1.54, 1.807) is 6.92 Å². The van der Waals surface area contributed by atoms with Crippen molar-refractivity contribution in [1.82, 2.24) is 5.06 Å². The fourth-order valence-electron chi connectivity index (χ4n) is 2.99. The molecule has 0 atom stereocenters. The molecule has 0 saturated carbocycles. The molecule has 1 aliphatic heterocycles. The molecule has 170 valence electrons. The van der Waals surface area contributed by atoms with E-state index < -0.39 is 38.1 Å². The highest BCUT2D eigenvalue weighted by Gasteiger charge is 2.52. The third-order valence-electron chi connectivity index (χ3n) is 4.12. The molecule has 1 heterocycles. The summed E-state index contributed by atoms with van der Waals surface area (Å²) in [5.41, 5.74) is -6.72. The summed E-state index contributed by atoms with van der Waals surface area (Å²) < 4.78 is 81.3. The number of ether oxygens (including phenoxy) is 3. The number of imide groups is 1. The van der Waals surface area contributed by atoms with E-state index in [0.29, 0.717) is 0 Å². The molecule has 0 N–H and O–H groups in total. The predicted molar refractivity (Wildman–Crippen MR) is 103 cm³/mol. The Morgan fingerprint density at radius 1 is 1.06 bits per heavy atom. The van der Waals surface area contributed by atoms with Crippen molar-refractivity contribution >= 4 is 32.7 Å². The first-order valence-corrected chi connectivity index (χ1v) is 10.1. The van der Waals surface area contributed by atoms with Crippen LogP contribution in [0.25, 0.3) is 10.8 Å². The van der Waals surface area contributed by atoms with Crippen LogP contribution in [-0.4, -0.2) is 37.4 Å². The van der Waals surface area contributed by atoms with E-state index in [-0.39, 0.29) is 40.2 Å². The van der Waals surface area contributed by atoms with Crippen LogP contribution >= 0.6 is 0 Å². The van der Waals surface area contributed by atoms with Gasteiger partial charge in [-0.25, -0.2) is 0 Å². The highest BCUT2D eigenvalue weighted by Crippen LogP contribution is 2.44. The van der Waals surface area contributed by atoms with Crippen molar-refractivity contribution < 1.29 is 49.7 Å². The Morgan fingerprint density at radius 2 is 1.72 bits per heavy atom. The number of hydrogen-bond acceptors (Lipinski definition) is 8. The van der Waals surface area contributed by atoms with Gasteiger partial charge in [-0.3, -0.25) is 9.59 Å². The zero-order valence-corrected chi connectivity index (χ0v) is 17.1. The molecule has 2 aromatic carbocycles. The van der Waals surface area contributed by atoms with Gasteiger partial charge in [0.15, 0.2) is 11.5 Å². The van der Waals surface area contributed by atoms with Gasteiger partial charge in [-0.2, -0.15) is 21.6 Å². The molecule has 13 heteroatoms. The molecule has 0 spiro atoms. The SMILES string of the molecule is C=COc1cc2c3c(c(OCC)c(OC=C)cc3c1)C(=O)N(OS(=O)(=O)C(F)(F)F)C2=O. The van der Waals surface area contributed by atoms with E-state index in [4.69, 9.17) is 14.2 Å². The molecule has 1 aliphatic rings. The number of halogens is 3. The molecule has 0 saturated heterocycles. The Balaban J connectivity index is 2.36. The number of rotatable bonds is 8. The number of carbonyl (C=O) groups excluding carboxylic acids is 2. The maximum absolute atomic E-state index is 13.0. The third-order valence-corrected chi connectivity index (χ3v) is 5.03. The minimum atomic E-state index is -6.35. The van der Waals surface area contributed by atoms with Crippen LogP contribution in [-0.2, 0) is 14.4 Å². The first kappa shape index (κ1) is 23.1. The first-order chi connectivity index (χ1) is 15.0. The topological polar surface area (TPSA) is 108 Å². The van der Waals surface area contributed by atoms with Crippen LogP contribution < -0.4 is 14.2 Å². The lowest BCUT2D eigenvalue weighted by Crippen LogP contribution is -2.44. The van der Waals surface area contributed by atoms with Gasteiger partial charge in [0.25, 0.3) is 11.8 Å². The maximum atomic E-state index is 13.0. The number of carbonyl (C=O) groups is 2. The third kappa shape index (κ3) is 3.76. The van der Waals surface area contributed by atoms with Gasteiger partial charge in [0.1, 0.15) is 5.75 Å². The monoisotopic (exact) mass is 473 g/mol. The number of amides is 2. The van der Waals surface area contributed by atoms with Gasteiger partial charge in [0, 0.05) is 5.39 Å². The van der Waals surface area contributed by atoms with E-state index in [9.17, 15) is 31.2 Å². The molecule has 0 fully saturated rings. The summed E-state index contributed by atoms with van der Waals surface area (Å²) in [7, 11) is -6.35. The molecule has 2 amide bonds.